The van der Waals surface area contributed by atoms with Gasteiger partial charge in [0.1, 0.15) is 11.6 Å². The molecule has 2 saturated heterocycles. The molecule has 0 spiro atoms. The zero-order valence-electron chi connectivity index (χ0n) is 11.3. The highest BCUT2D eigenvalue weighted by atomic mass is 19.1. The molecule has 3 rings (SSSR count). The van der Waals surface area contributed by atoms with Crippen molar-refractivity contribution in [1.29, 1.82) is 0 Å². The first kappa shape index (κ1) is 12.8. The SMILES string of the molecule is CN1C2CCC1CN(c1ncc(F)cc1CN)CC2. The maximum Gasteiger partial charge on any atom is 0.141 e. The Labute approximate surface area is 113 Å². The minimum absolute atomic E-state index is 0.308. The van der Waals surface area contributed by atoms with E-state index in [1.807, 2.05) is 0 Å². The van der Waals surface area contributed by atoms with Crippen LogP contribution in [-0.4, -0.2) is 42.1 Å². The summed E-state index contributed by atoms with van der Waals surface area (Å²) in [6, 6.07) is 2.79. The molecule has 3 heterocycles. The molecule has 2 fully saturated rings. The summed E-state index contributed by atoms with van der Waals surface area (Å²) >= 11 is 0. The summed E-state index contributed by atoms with van der Waals surface area (Å²) in [7, 11) is 2.22. The number of fused-ring (bicyclic) bond motifs is 2. The van der Waals surface area contributed by atoms with Gasteiger partial charge in [-0.1, -0.05) is 0 Å². The Balaban J connectivity index is 1.86. The first-order valence-corrected chi connectivity index (χ1v) is 7.00. The molecule has 0 aromatic carbocycles. The molecule has 2 unspecified atom stereocenters. The Kier molecular flexibility index (Phi) is 3.41. The van der Waals surface area contributed by atoms with Crippen molar-refractivity contribution in [3.8, 4) is 0 Å². The van der Waals surface area contributed by atoms with Crippen LogP contribution in [0.25, 0.3) is 0 Å². The standard InChI is InChI=1S/C14H21FN4/c1-18-12-2-3-13(18)9-19(5-4-12)14-10(7-16)6-11(15)8-17-14/h6,8,12-13H,2-5,7,9,16H2,1H3. The number of hydrogen-bond donors (Lipinski definition) is 1. The molecule has 104 valence electrons. The Morgan fingerprint density at radius 1 is 1.37 bits per heavy atom. The summed E-state index contributed by atoms with van der Waals surface area (Å²) in [5, 5.41) is 0. The van der Waals surface area contributed by atoms with Crippen molar-refractivity contribution in [2.75, 3.05) is 25.0 Å². The summed E-state index contributed by atoms with van der Waals surface area (Å²) in [6.45, 7) is 2.29. The van der Waals surface area contributed by atoms with Crippen LogP contribution in [0, 0.1) is 5.82 Å². The van der Waals surface area contributed by atoms with Gasteiger partial charge in [0.2, 0.25) is 0 Å². The van der Waals surface area contributed by atoms with Gasteiger partial charge in [0.15, 0.2) is 0 Å². The summed E-state index contributed by atoms with van der Waals surface area (Å²) in [4.78, 5) is 9.05. The second kappa shape index (κ2) is 5.06. The fourth-order valence-corrected chi connectivity index (χ4v) is 3.41. The summed E-state index contributed by atoms with van der Waals surface area (Å²) in [5.41, 5.74) is 6.53. The molecule has 2 aliphatic rings. The fraction of sp³-hybridized carbons (Fsp3) is 0.643. The first-order valence-electron chi connectivity index (χ1n) is 7.00. The normalized spacial score (nSPS) is 27.6. The van der Waals surface area contributed by atoms with Crippen molar-refractivity contribution in [2.45, 2.75) is 37.9 Å². The number of hydrogen-bond acceptors (Lipinski definition) is 4. The van der Waals surface area contributed by atoms with Gasteiger partial charge < -0.3 is 10.6 Å². The molecule has 0 saturated carbocycles. The predicted molar refractivity (Wildman–Crippen MR) is 73.5 cm³/mol. The highest BCUT2D eigenvalue weighted by Crippen LogP contribution is 2.31. The number of nitrogens with two attached hydrogens (primary N) is 1. The van der Waals surface area contributed by atoms with Gasteiger partial charge in [-0.25, -0.2) is 9.37 Å². The lowest BCUT2D eigenvalue weighted by atomic mass is 10.1. The lowest BCUT2D eigenvalue weighted by Gasteiger charge is -2.28. The van der Waals surface area contributed by atoms with E-state index in [-0.39, 0.29) is 5.82 Å². The number of likely N-dealkylation sites (N-methyl/N-ethyl adjacent to an activating group) is 1. The molecule has 19 heavy (non-hydrogen) atoms. The molecule has 1 aromatic rings. The van der Waals surface area contributed by atoms with Gasteiger partial charge >= 0.3 is 0 Å². The van der Waals surface area contributed by atoms with E-state index in [1.54, 1.807) is 0 Å². The van der Waals surface area contributed by atoms with E-state index in [0.717, 1.165) is 30.9 Å². The first-order chi connectivity index (χ1) is 9.19. The molecule has 0 aliphatic carbocycles. The predicted octanol–water partition coefficient (Wildman–Crippen LogP) is 1.35. The van der Waals surface area contributed by atoms with Crippen molar-refractivity contribution in [3.05, 3.63) is 23.6 Å². The van der Waals surface area contributed by atoms with Crippen molar-refractivity contribution in [1.82, 2.24) is 9.88 Å². The van der Waals surface area contributed by atoms with Crippen molar-refractivity contribution < 1.29 is 4.39 Å². The summed E-state index contributed by atoms with van der Waals surface area (Å²) in [5.74, 6) is 0.558. The van der Waals surface area contributed by atoms with E-state index in [1.165, 1.54) is 25.1 Å². The quantitative estimate of drug-likeness (QED) is 0.876. The van der Waals surface area contributed by atoms with Crippen LogP contribution >= 0.6 is 0 Å². The second-order valence-electron chi connectivity index (χ2n) is 5.63. The van der Waals surface area contributed by atoms with E-state index < -0.39 is 0 Å². The minimum atomic E-state index is -0.308. The minimum Gasteiger partial charge on any atom is -0.355 e. The third-order valence-electron chi connectivity index (χ3n) is 4.58. The lowest BCUT2D eigenvalue weighted by molar-refractivity contribution is 0.254. The topological polar surface area (TPSA) is 45.4 Å². The van der Waals surface area contributed by atoms with Crippen molar-refractivity contribution in [2.24, 2.45) is 5.73 Å². The number of rotatable bonds is 2. The van der Waals surface area contributed by atoms with Crippen molar-refractivity contribution >= 4 is 5.82 Å². The smallest absolute Gasteiger partial charge is 0.141 e. The number of aromatic nitrogens is 1. The van der Waals surface area contributed by atoms with Gasteiger partial charge in [-0.15, -0.1) is 0 Å². The molecule has 0 amide bonds. The summed E-state index contributed by atoms with van der Waals surface area (Å²) < 4.78 is 13.2. The lowest BCUT2D eigenvalue weighted by Crippen LogP contribution is -2.37. The van der Waals surface area contributed by atoms with Gasteiger partial charge in [-0.3, -0.25) is 4.90 Å². The summed E-state index contributed by atoms with van der Waals surface area (Å²) in [6.07, 6.45) is 4.99. The van der Waals surface area contributed by atoms with Gasteiger partial charge in [-0.05, 0) is 32.4 Å². The van der Waals surface area contributed by atoms with E-state index in [0.29, 0.717) is 18.6 Å². The Bertz CT molecular complexity index is 465. The molecule has 1 aromatic heterocycles. The van der Waals surface area contributed by atoms with Crippen LogP contribution < -0.4 is 10.6 Å². The number of nitrogens with zero attached hydrogens (tertiary/aromatic N) is 3. The van der Waals surface area contributed by atoms with Crippen LogP contribution in [0.1, 0.15) is 24.8 Å². The number of pyridine rings is 1. The van der Waals surface area contributed by atoms with Crippen LogP contribution in [0.4, 0.5) is 10.2 Å². The van der Waals surface area contributed by atoms with E-state index in [9.17, 15) is 4.39 Å². The van der Waals surface area contributed by atoms with Crippen molar-refractivity contribution in [3.63, 3.8) is 0 Å². The Morgan fingerprint density at radius 3 is 2.95 bits per heavy atom. The highest BCUT2D eigenvalue weighted by molar-refractivity contribution is 5.47. The molecular formula is C14H21FN4. The fourth-order valence-electron chi connectivity index (χ4n) is 3.41. The number of anilines is 1. The average molecular weight is 264 g/mol. The van der Waals surface area contributed by atoms with Gasteiger partial charge in [0, 0.05) is 37.3 Å². The molecule has 2 N–H and O–H groups in total. The third-order valence-corrected chi connectivity index (χ3v) is 4.58. The molecular weight excluding hydrogens is 243 g/mol. The third kappa shape index (κ3) is 2.32. The molecule has 5 heteroatoms. The van der Waals surface area contributed by atoms with E-state index in [2.05, 4.69) is 21.8 Å². The van der Waals surface area contributed by atoms with Crippen LogP contribution in [0.15, 0.2) is 12.3 Å². The van der Waals surface area contributed by atoms with Gasteiger partial charge in [0.05, 0.1) is 6.20 Å². The molecule has 0 radical (unpaired) electrons. The Morgan fingerprint density at radius 2 is 2.16 bits per heavy atom. The van der Waals surface area contributed by atoms with Gasteiger partial charge in [0.25, 0.3) is 0 Å². The Hall–Kier alpha value is -1.20. The average Bonchev–Trinajstić information content (AvgIpc) is 2.64. The van der Waals surface area contributed by atoms with Crippen LogP contribution in [0.2, 0.25) is 0 Å². The second-order valence-corrected chi connectivity index (χ2v) is 5.63. The van der Waals surface area contributed by atoms with Crippen LogP contribution in [0.3, 0.4) is 0 Å². The number of halogens is 1. The highest BCUT2D eigenvalue weighted by Gasteiger charge is 2.35. The molecule has 2 atom stereocenters. The van der Waals surface area contributed by atoms with Crippen LogP contribution in [0.5, 0.6) is 0 Å². The molecule has 2 bridgehead atoms. The zero-order chi connectivity index (χ0) is 13.4. The van der Waals surface area contributed by atoms with E-state index >= 15 is 0 Å². The van der Waals surface area contributed by atoms with E-state index in [4.69, 9.17) is 5.73 Å². The van der Waals surface area contributed by atoms with Crippen LogP contribution in [-0.2, 0) is 6.54 Å². The molecule has 4 nitrogen and oxygen atoms in total. The maximum atomic E-state index is 13.2. The zero-order valence-corrected chi connectivity index (χ0v) is 11.3. The molecule has 2 aliphatic heterocycles. The van der Waals surface area contributed by atoms with Gasteiger partial charge in [-0.2, -0.15) is 0 Å². The maximum absolute atomic E-state index is 13.2. The largest absolute Gasteiger partial charge is 0.355 e. The monoisotopic (exact) mass is 264 g/mol.